The smallest absolute Gasteiger partial charge is 0.304 e. The van der Waals surface area contributed by atoms with Crippen molar-refractivity contribution in [2.75, 3.05) is 6.54 Å². The van der Waals surface area contributed by atoms with Crippen LogP contribution in [0.2, 0.25) is 0 Å². The first-order chi connectivity index (χ1) is 9.82. The van der Waals surface area contributed by atoms with Gasteiger partial charge in [-0.1, -0.05) is 0 Å². The average Bonchev–Trinajstić information content (AvgIpc) is 3.26. The van der Waals surface area contributed by atoms with Gasteiger partial charge in [-0.05, 0) is 12.8 Å². The maximum Gasteiger partial charge on any atom is 0.304 e. The Kier molecular flexibility index (Phi) is 4.46. The van der Waals surface area contributed by atoms with Gasteiger partial charge in [-0.2, -0.15) is 0 Å². The molecule has 1 aliphatic rings. The van der Waals surface area contributed by atoms with E-state index in [-0.39, 0.29) is 19.0 Å². The zero-order valence-electron chi connectivity index (χ0n) is 10.8. The van der Waals surface area contributed by atoms with Crippen molar-refractivity contribution in [1.29, 1.82) is 0 Å². The predicted octanol–water partition coefficient (Wildman–Crippen LogP) is 2.82. The summed E-state index contributed by atoms with van der Waals surface area (Å²) >= 11 is 0. The number of rotatable bonds is 6. The number of nitrogens with zero attached hydrogens (tertiary/aromatic N) is 1. The minimum absolute atomic E-state index is 0.0144. The van der Waals surface area contributed by atoms with Crippen molar-refractivity contribution in [3.63, 3.8) is 0 Å². The Morgan fingerprint density at radius 2 is 1.48 bits per heavy atom. The molecule has 2 rings (SSSR count). The average molecular weight is 309 g/mol. The molecule has 116 valence electrons. The maximum absolute atomic E-state index is 13.6. The molecule has 3 nitrogen and oxygen atoms in total. The van der Waals surface area contributed by atoms with E-state index in [1.165, 1.54) is 4.90 Å². The van der Waals surface area contributed by atoms with Crippen LogP contribution in [0.5, 0.6) is 0 Å². The lowest BCUT2D eigenvalue weighted by Gasteiger charge is -2.22. The molecule has 0 atom stereocenters. The number of carboxylic acids is 1. The van der Waals surface area contributed by atoms with E-state index < -0.39 is 47.2 Å². The summed E-state index contributed by atoms with van der Waals surface area (Å²) in [5.41, 5.74) is -0.927. The van der Waals surface area contributed by atoms with Crippen LogP contribution in [0, 0.1) is 29.1 Å². The third-order valence-corrected chi connectivity index (χ3v) is 3.34. The second kappa shape index (κ2) is 5.97. The zero-order chi connectivity index (χ0) is 15.7. The highest BCUT2D eigenvalue weighted by Gasteiger charge is 2.33. The Morgan fingerprint density at radius 3 is 1.90 bits per heavy atom. The Morgan fingerprint density at radius 1 is 1.00 bits per heavy atom. The highest BCUT2D eigenvalue weighted by Crippen LogP contribution is 2.31. The van der Waals surface area contributed by atoms with E-state index in [9.17, 15) is 26.7 Å². The number of halogens is 5. The topological polar surface area (TPSA) is 40.5 Å². The van der Waals surface area contributed by atoms with Crippen LogP contribution in [0.4, 0.5) is 22.0 Å². The fourth-order valence-corrected chi connectivity index (χ4v) is 2.06. The minimum Gasteiger partial charge on any atom is -0.481 e. The molecular weight excluding hydrogens is 297 g/mol. The number of hydrogen-bond acceptors (Lipinski definition) is 2. The summed E-state index contributed by atoms with van der Waals surface area (Å²) in [6.45, 7) is -0.525. The molecular formula is C13H12F5NO2. The summed E-state index contributed by atoms with van der Waals surface area (Å²) in [6.07, 6.45) is 1.13. The molecule has 0 unspecified atom stereocenters. The molecule has 1 aromatic carbocycles. The van der Waals surface area contributed by atoms with Crippen molar-refractivity contribution in [2.45, 2.75) is 31.8 Å². The molecule has 0 spiro atoms. The third-order valence-electron chi connectivity index (χ3n) is 3.34. The molecule has 0 aliphatic heterocycles. The standard InChI is InChI=1S/C13H12F5NO2/c14-9-7(10(15)12(17)13(18)11(9)16)5-19(6-1-2-6)4-3-8(20)21/h6H,1-5H2,(H,20,21). The van der Waals surface area contributed by atoms with Gasteiger partial charge in [0, 0.05) is 24.7 Å². The van der Waals surface area contributed by atoms with Gasteiger partial charge in [0.15, 0.2) is 23.3 Å². The molecule has 0 aromatic heterocycles. The van der Waals surface area contributed by atoms with Gasteiger partial charge >= 0.3 is 5.97 Å². The fourth-order valence-electron chi connectivity index (χ4n) is 2.06. The second-order valence-corrected chi connectivity index (χ2v) is 4.89. The Bertz CT molecular complexity index is 545. The Balaban J connectivity index is 2.26. The summed E-state index contributed by atoms with van der Waals surface area (Å²) in [6, 6.07) is -0.0840. The van der Waals surface area contributed by atoms with Crippen LogP contribution in [0.3, 0.4) is 0 Å². The van der Waals surface area contributed by atoms with E-state index in [0.29, 0.717) is 12.8 Å². The van der Waals surface area contributed by atoms with Crippen LogP contribution in [0.1, 0.15) is 24.8 Å². The van der Waals surface area contributed by atoms with Gasteiger partial charge in [-0.3, -0.25) is 9.69 Å². The molecule has 0 saturated heterocycles. The summed E-state index contributed by atoms with van der Waals surface area (Å²) < 4.78 is 66.3. The van der Waals surface area contributed by atoms with Gasteiger partial charge in [0.2, 0.25) is 5.82 Å². The summed E-state index contributed by atoms with van der Waals surface area (Å²) in [4.78, 5) is 12.0. The molecule has 1 aliphatic carbocycles. The number of carbonyl (C=O) groups is 1. The van der Waals surface area contributed by atoms with Crippen molar-refractivity contribution in [3.05, 3.63) is 34.6 Å². The van der Waals surface area contributed by atoms with E-state index in [1.54, 1.807) is 0 Å². The molecule has 0 bridgehead atoms. The molecule has 0 amide bonds. The van der Waals surface area contributed by atoms with E-state index in [2.05, 4.69) is 0 Å². The predicted molar refractivity (Wildman–Crippen MR) is 61.9 cm³/mol. The van der Waals surface area contributed by atoms with Crippen molar-refractivity contribution in [3.8, 4) is 0 Å². The lowest BCUT2D eigenvalue weighted by atomic mass is 10.1. The van der Waals surface area contributed by atoms with Gasteiger partial charge in [-0.15, -0.1) is 0 Å². The first-order valence-corrected chi connectivity index (χ1v) is 6.29. The molecule has 8 heteroatoms. The van der Waals surface area contributed by atoms with Crippen molar-refractivity contribution in [2.24, 2.45) is 0 Å². The number of hydrogen-bond donors (Lipinski definition) is 1. The summed E-state index contributed by atoms with van der Waals surface area (Å²) in [7, 11) is 0. The molecule has 1 saturated carbocycles. The summed E-state index contributed by atoms with van der Waals surface area (Å²) in [5, 5.41) is 8.62. The maximum atomic E-state index is 13.6. The lowest BCUT2D eigenvalue weighted by molar-refractivity contribution is -0.137. The van der Waals surface area contributed by atoms with Gasteiger partial charge in [-0.25, -0.2) is 22.0 Å². The highest BCUT2D eigenvalue weighted by atomic mass is 19.2. The molecule has 21 heavy (non-hydrogen) atoms. The first-order valence-electron chi connectivity index (χ1n) is 6.29. The van der Waals surface area contributed by atoms with E-state index in [1.807, 2.05) is 0 Å². The normalized spacial score (nSPS) is 14.8. The number of benzene rings is 1. The Hall–Kier alpha value is -1.70. The highest BCUT2D eigenvalue weighted by molar-refractivity contribution is 5.66. The number of aliphatic carboxylic acids is 1. The lowest BCUT2D eigenvalue weighted by Crippen LogP contribution is -2.29. The van der Waals surface area contributed by atoms with Crippen molar-refractivity contribution >= 4 is 5.97 Å². The van der Waals surface area contributed by atoms with E-state index >= 15 is 0 Å². The van der Waals surface area contributed by atoms with Gasteiger partial charge in [0.1, 0.15) is 0 Å². The second-order valence-electron chi connectivity index (χ2n) is 4.89. The van der Waals surface area contributed by atoms with Crippen LogP contribution in [0.25, 0.3) is 0 Å². The molecule has 1 aromatic rings. The van der Waals surface area contributed by atoms with Crippen molar-refractivity contribution in [1.82, 2.24) is 4.90 Å². The Labute approximate surface area is 117 Å². The fraction of sp³-hybridized carbons (Fsp3) is 0.462. The van der Waals surface area contributed by atoms with Gasteiger partial charge < -0.3 is 5.11 Å². The van der Waals surface area contributed by atoms with Crippen LogP contribution in [-0.4, -0.2) is 28.6 Å². The van der Waals surface area contributed by atoms with Crippen LogP contribution < -0.4 is 0 Å². The van der Waals surface area contributed by atoms with E-state index in [4.69, 9.17) is 5.11 Å². The van der Waals surface area contributed by atoms with Crippen LogP contribution in [0.15, 0.2) is 0 Å². The molecule has 1 N–H and O–H groups in total. The molecule has 0 heterocycles. The van der Waals surface area contributed by atoms with Gasteiger partial charge in [0.05, 0.1) is 6.42 Å². The van der Waals surface area contributed by atoms with Gasteiger partial charge in [0.25, 0.3) is 0 Å². The molecule has 1 fully saturated rings. The SMILES string of the molecule is O=C(O)CCN(Cc1c(F)c(F)c(F)c(F)c1F)C1CC1. The van der Waals surface area contributed by atoms with Crippen LogP contribution in [-0.2, 0) is 11.3 Å². The monoisotopic (exact) mass is 309 g/mol. The van der Waals surface area contributed by atoms with Crippen molar-refractivity contribution < 1.29 is 31.9 Å². The quantitative estimate of drug-likeness (QED) is 0.499. The third kappa shape index (κ3) is 3.31. The minimum atomic E-state index is -2.20. The number of carboxylic acid groups (broad SMARTS) is 1. The summed E-state index contributed by atoms with van der Waals surface area (Å²) in [5.74, 6) is -11.0. The zero-order valence-corrected chi connectivity index (χ0v) is 10.8. The van der Waals surface area contributed by atoms with E-state index in [0.717, 1.165) is 0 Å². The largest absolute Gasteiger partial charge is 0.481 e. The molecule has 0 radical (unpaired) electrons. The first kappa shape index (κ1) is 15.7. The van der Waals surface area contributed by atoms with Crippen LogP contribution >= 0.6 is 0 Å².